The molecule has 2 aliphatic rings. The Hall–Kier alpha value is -1.68. The summed E-state index contributed by atoms with van der Waals surface area (Å²) in [5, 5.41) is 3.32. The summed E-state index contributed by atoms with van der Waals surface area (Å²) in [4.78, 5) is 12.9. The van der Waals surface area contributed by atoms with Gasteiger partial charge in [0.2, 0.25) is 5.92 Å². The second-order valence-corrected chi connectivity index (χ2v) is 8.96. The van der Waals surface area contributed by atoms with Crippen LogP contribution in [0.5, 0.6) is 0 Å². The van der Waals surface area contributed by atoms with Gasteiger partial charge in [-0.3, -0.25) is 4.79 Å². The normalized spacial score (nSPS) is 20.3. The molecule has 29 heavy (non-hydrogen) atoms. The van der Waals surface area contributed by atoms with E-state index in [4.69, 9.17) is 11.6 Å². The van der Waals surface area contributed by atoms with Crippen molar-refractivity contribution in [2.24, 2.45) is 11.8 Å². The quantitative estimate of drug-likeness (QED) is 0.494. The molecule has 0 unspecified atom stereocenters. The molecule has 0 bridgehead atoms. The number of aryl methyl sites for hydroxylation is 1. The van der Waals surface area contributed by atoms with Crippen molar-refractivity contribution in [3.8, 4) is 0 Å². The van der Waals surface area contributed by atoms with Crippen molar-refractivity contribution in [3.05, 3.63) is 52.1 Å². The lowest BCUT2D eigenvalue weighted by atomic mass is 9.86. The molecule has 2 nitrogen and oxygen atoms in total. The highest BCUT2D eigenvalue weighted by Crippen LogP contribution is 2.36. The van der Waals surface area contributed by atoms with Crippen LogP contribution in [0.2, 0.25) is 5.02 Å². The zero-order valence-corrected chi connectivity index (χ0v) is 17.8. The second kappa shape index (κ2) is 9.42. The number of alkyl halides is 2. The van der Waals surface area contributed by atoms with Crippen molar-refractivity contribution in [3.63, 3.8) is 0 Å². The van der Waals surface area contributed by atoms with E-state index in [0.717, 1.165) is 16.7 Å². The van der Waals surface area contributed by atoms with E-state index in [2.05, 4.69) is 11.9 Å². The molecule has 158 valence electrons. The minimum absolute atomic E-state index is 0.0864. The zero-order valence-electron chi connectivity index (χ0n) is 17.1. The highest BCUT2D eigenvalue weighted by atomic mass is 35.5. The van der Waals surface area contributed by atoms with Gasteiger partial charge in [0, 0.05) is 19.4 Å². The molecule has 0 heterocycles. The second-order valence-electron chi connectivity index (χ2n) is 8.55. The van der Waals surface area contributed by atoms with Crippen LogP contribution in [0.15, 0.2) is 30.4 Å². The van der Waals surface area contributed by atoms with Crippen molar-refractivity contribution in [1.29, 1.82) is 0 Å². The molecule has 0 spiro atoms. The smallest absolute Gasteiger partial charge is 0.253 e. The summed E-state index contributed by atoms with van der Waals surface area (Å²) in [5.41, 5.74) is 3.30. The third kappa shape index (κ3) is 5.69. The predicted octanol–water partition coefficient (Wildman–Crippen LogP) is 6.96. The van der Waals surface area contributed by atoms with E-state index >= 15 is 0 Å². The van der Waals surface area contributed by atoms with Gasteiger partial charge < -0.3 is 5.32 Å². The number of carbonyl (C=O) groups excluding carboxylic acids is 1. The van der Waals surface area contributed by atoms with Gasteiger partial charge in [0.25, 0.3) is 5.91 Å². The number of rotatable bonds is 6. The first kappa shape index (κ1) is 22.0. The molecule has 0 atom stereocenters. The Morgan fingerprint density at radius 2 is 1.90 bits per heavy atom. The third-order valence-corrected chi connectivity index (χ3v) is 6.69. The SMILES string of the molecule is C=C(/C=C\c1c(C)ccc(Cl)c1C(=O)NCC1CCC(F)(F)CC1)C1CCCC1. The van der Waals surface area contributed by atoms with E-state index in [9.17, 15) is 13.6 Å². The van der Waals surface area contributed by atoms with Crippen molar-refractivity contribution in [2.45, 2.75) is 64.2 Å². The fraction of sp³-hybridized carbons (Fsp3) is 0.542. The minimum atomic E-state index is -2.56. The highest BCUT2D eigenvalue weighted by molar-refractivity contribution is 6.34. The molecule has 0 saturated heterocycles. The van der Waals surface area contributed by atoms with Crippen LogP contribution < -0.4 is 5.32 Å². The number of benzene rings is 1. The molecule has 2 saturated carbocycles. The molecule has 1 aromatic carbocycles. The maximum atomic E-state index is 13.3. The van der Waals surface area contributed by atoms with Crippen molar-refractivity contribution >= 4 is 23.6 Å². The third-order valence-electron chi connectivity index (χ3n) is 6.37. The lowest BCUT2D eigenvalue weighted by molar-refractivity contribution is -0.0452. The highest BCUT2D eigenvalue weighted by Gasteiger charge is 2.35. The van der Waals surface area contributed by atoms with Crippen molar-refractivity contribution < 1.29 is 13.6 Å². The number of halogens is 3. The Morgan fingerprint density at radius 3 is 2.55 bits per heavy atom. The maximum Gasteiger partial charge on any atom is 0.253 e. The topological polar surface area (TPSA) is 29.1 Å². The Bertz CT molecular complexity index is 786. The van der Waals surface area contributed by atoms with E-state index in [1.165, 1.54) is 25.7 Å². The number of carbonyl (C=O) groups is 1. The van der Waals surface area contributed by atoms with Crippen LogP contribution in [0.3, 0.4) is 0 Å². The average Bonchev–Trinajstić information content (AvgIpc) is 3.22. The molecule has 2 aliphatic carbocycles. The number of amides is 1. The fourth-order valence-corrected chi connectivity index (χ4v) is 4.65. The number of nitrogens with one attached hydrogen (secondary N) is 1. The van der Waals surface area contributed by atoms with Crippen LogP contribution in [0.25, 0.3) is 6.08 Å². The first-order chi connectivity index (χ1) is 13.8. The predicted molar refractivity (Wildman–Crippen MR) is 116 cm³/mol. The van der Waals surface area contributed by atoms with Crippen LogP contribution in [-0.2, 0) is 0 Å². The Kier molecular flexibility index (Phi) is 7.15. The summed E-state index contributed by atoms with van der Waals surface area (Å²) >= 11 is 6.38. The van der Waals surface area contributed by atoms with Crippen LogP contribution in [-0.4, -0.2) is 18.4 Å². The maximum absolute atomic E-state index is 13.3. The van der Waals surface area contributed by atoms with Crippen LogP contribution in [0.1, 0.15) is 72.9 Å². The van der Waals surface area contributed by atoms with Crippen LogP contribution in [0.4, 0.5) is 8.78 Å². The lowest BCUT2D eigenvalue weighted by Gasteiger charge is -2.28. The molecule has 0 aromatic heterocycles. The standard InChI is InChI=1S/C24H30ClF2NO/c1-16(19-5-3-4-6-19)7-9-20-17(2)8-10-21(25)22(20)23(29)28-15-18-11-13-24(26,27)14-12-18/h7-10,18-19H,1,3-6,11-15H2,2H3,(H,28,29)/b9-7-. The van der Waals surface area contributed by atoms with E-state index in [0.29, 0.717) is 35.9 Å². The van der Waals surface area contributed by atoms with E-state index in [1.807, 2.05) is 25.1 Å². The van der Waals surface area contributed by atoms with E-state index < -0.39 is 5.92 Å². The first-order valence-electron chi connectivity index (χ1n) is 10.6. The molecule has 0 radical (unpaired) electrons. The Balaban J connectivity index is 1.70. The van der Waals surface area contributed by atoms with Gasteiger partial charge in [0.15, 0.2) is 0 Å². The lowest BCUT2D eigenvalue weighted by Crippen LogP contribution is -2.34. The minimum Gasteiger partial charge on any atom is -0.352 e. The molecular weight excluding hydrogens is 392 g/mol. The summed E-state index contributed by atoms with van der Waals surface area (Å²) in [5.74, 6) is -2.20. The molecular formula is C24H30ClF2NO. The average molecular weight is 422 g/mol. The van der Waals surface area contributed by atoms with Gasteiger partial charge in [0.1, 0.15) is 0 Å². The molecule has 2 fully saturated rings. The van der Waals surface area contributed by atoms with Gasteiger partial charge in [0.05, 0.1) is 10.6 Å². The molecule has 5 heteroatoms. The van der Waals surface area contributed by atoms with Gasteiger partial charge in [-0.15, -0.1) is 0 Å². The van der Waals surface area contributed by atoms with E-state index in [-0.39, 0.29) is 24.7 Å². The van der Waals surface area contributed by atoms with Gasteiger partial charge in [-0.25, -0.2) is 8.78 Å². The number of hydrogen-bond acceptors (Lipinski definition) is 1. The van der Waals surface area contributed by atoms with Crippen LogP contribution >= 0.6 is 11.6 Å². The number of hydrogen-bond donors (Lipinski definition) is 1. The zero-order chi connectivity index (χ0) is 21.0. The number of allylic oxidation sites excluding steroid dienone is 2. The molecule has 1 aromatic rings. The summed E-state index contributed by atoms with van der Waals surface area (Å²) in [7, 11) is 0. The molecule has 0 aliphatic heterocycles. The van der Waals surface area contributed by atoms with E-state index in [1.54, 1.807) is 6.07 Å². The summed E-state index contributed by atoms with van der Waals surface area (Å²) < 4.78 is 26.7. The fourth-order valence-electron chi connectivity index (χ4n) is 4.40. The van der Waals surface area contributed by atoms with Gasteiger partial charge >= 0.3 is 0 Å². The van der Waals surface area contributed by atoms with Gasteiger partial charge in [-0.05, 0) is 61.6 Å². The molecule has 1 N–H and O–H groups in total. The summed E-state index contributed by atoms with van der Waals surface area (Å²) in [6.45, 7) is 6.56. The monoisotopic (exact) mass is 421 g/mol. The van der Waals surface area contributed by atoms with Crippen LogP contribution in [0, 0.1) is 18.8 Å². The Morgan fingerprint density at radius 1 is 1.24 bits per heavy atom. The summed E-state index contributed by atoms with van der Waals surface area (Å²) in [6, 6.07) is 3.64. The summed E-state index contributed by atoms with van der Waals surface area (Å²) in [6.07, 6.45) is 9.45. The molecule has 1 amide bonds. The molecule has 3 rings (SSSR count). The van der Waals surface area contributed by atoms with Crippen molar-refractivity contribution in [2.75, 3.05) is 6.54 Å². The van der Waals surface area contributed by atoms with Crippen molar-refractivity contribution in [1.82, 2.24) is 5.32 Å². The van der Waals surface area contributed by atoms with Gasteiger partial charge in [-0.1, -0.05) is 54.8 Å². The van der Waals surface area contributed by atoms with Gasteiger partial charge in [-0.2, -0.15) is 0 Å². The largest absolute Gasteiger partial charge is 0.352 e. The first-order valence-corrected chi connectivity index (χ1v) is 11.0. The Labute approximate surface area is 177 Å².